The van der Waals surface area contributed by atoms with E-state index in [-0.39, 0.29) is 29.8 Å². The second-order valence-corrected chi connectivity index (χ2v) is 6.40. The molecule has 0 spiro atoms. The molecule has 1 unspecified atom stereocenters. The van der Waals surface area contributed by atoms with Crippen LogP contribution in [0.1, 0.15) is 57.1 Å². The Hall–Kier alpha value is -1.20. The molecule has 1 aliphatic carbocycles. The first-order valence-electron chi connectivity index (χ1n) is 7.90. The van der Waals surface area contributed by atoms with Gasteiger partial charge in [0.25, 0.3) is 0 Å². The highest BCUT2D eigenvalue weighted by atomic mass is 35.5. The minimum absolute atomic E-state index is 0. The molecule has 1 amide bonds. The molecule has 0 bridgehead atoms. The van der Waals surface area contributed by atoms with Gasteiger partial charge in [0.05, 0.1) is 6.04 Å². The first kappa shape index (κ1) is 19.8. The molecule has 1 fully saturated rings. The molecule has 0 aromatic heterocycles. The number of carbonyl (C=O) groups excluding carboxylic acids is 1. The van der Waals surface area contributed by atoms with Crippen LogP contribution in [0.15, 0.2) is 18.2 Å². The van der Waals surface area contributed by atoms with Gasteiger partial charge in [-0.15, -0.1) is 12.4 Å². The molecular formula is C17H25ClF2N2O. The molecule has 1 aromatic rings. The van der Waals surface area contributed by atoms with Gasteiger partial charge in [-0.1, -0.05) is 25.3 Å². The first-order valence-corrected chi connectivity index (χ1v) is 7.90. The predicted octanol–water partition coefficient (Wildman–Crippen LogP) is 3.86. The summed E-state index contributed by atoms with van der Waals surface area (Å²) in [5.41, 5.74) is 6.35. The summed E-state index contributed by atoms with van der Waals surface area (Å²) in [6.45, 7) is 2.28. The van der Waals surface area contributed by atoms with Crippen LogP contribution < -0.4 is 11.1 Å². The van der Waals surface area contributed by atoms with Gasteiger partial charge in [-0.3, -0.25) is 4.79 Å². The number of amides is 1. The number of nitrogens with one attached hydrogen (secondary N) is 1. The third-order valence-corrected chi connectivity index (χ3v) is 4.70. The highest BCUT2D eigenvalue weighted by Crippen LogP contribution is 2.38. The summed E-state index contributed by atoms with van der Waals surface area (Å²) in [5.74, 6) is -1.86. The summed E-state index contributed by atoms with van der Waals surface area (Å²) >= 11 is 0. The summed E-state index contributed by atoms with van der Waals surface area (Å²) in [6.07, 6.45) is 5.80. The summed E-state index contributed by atoms with van der Waals surface area (Å²) in [5, 5.41) is 2.87. The monoisotopic (exact) mass is 346 g/mol. The molecule has 130 valence electrons. The Bertz CT molecular complexity index is 533. The summed E-state index contributed by atoms with van der Waals surface area (Å²) in [4.78, 5) is 12.3. The van der Waals surface area contributed by atoms with Gasteiger partial charge in [-0.25, -0.2) is 8.78 Å². The average molecular weight is 347 g/mol. The van der Waals surface area contributed by atoms with E-state index in [9.17, 15) is 13.6 Å². The van der Waals surface area contributed by atoms with Crippen molar-refractivity contribution in [1.29, 1.82) is 0 Å². The van der Waals surface area contributed by atoms with Gasteiger partial charge in [0.15, 0.2) is 11.6 Å². The van der Waals surface area contributed by atoms with Crippen molar-refractivity contribution in [1.82, 2.24) is 5.32 Å². The molecule has 0 saturated heterocycles. The van der Waals surface area contributed by atoms with Crippen LogP contribution in [-0.4, -0.2) is 12.5 Å². The first-order chi connectivity index (χ1) is 10.5. The molecule has 3 N–H and O–H groups in total. The lowest BCUT2D eigenvalue weighted by molar-refractivity contribution is -0.124. The number of benzene rings is 1. The average Bonchev–Trinajstić information content (AvgIpc) is 2.50. The number of hydrogen-bond donors (Lipinski definition) is 2. The number of hydrogen-bond acceptors (Lipinski definition) is 2. The fourth-order valence-corrected chi connectivity index (χ4v) is 3.25. The SMILES string of the molecule is CC(NC(=O)CC1(CN)CCCCC1)c1ccc(F)c(F)c1.Cl. The van der Waals surface area contributed by atoms with Crippen molar-refractivity contribution in [3.05, 3.63) is 35.4 Å². The molecule has 0 heterocycles. The van der Waals surface area contributed by atoms with Crippen LogP contribution in [-0.2, 0) is 4.79 Å². The highest BCUT2D eigenvalue weighted by Gasteiger charge is 2.33. The second kappa shape index (κ2) is 8.60. The van der Waals surface area contributed by atoms with E-state index in [1.54, 1.807) is 6.92 Å². The molecule has 1 atom stereocenters. The zero-order valence-electron chi connectivity index (χ0n) is 13.4. The summed E-state index contributed by atoms with van der Waals surface area (Å²) in [6, 6.07) is 3.33. The van der Waals surface area contributed by atoms with Crippen molar-refractivity contribution in [2.45, 2.75) is 51.5 Å². The Kier molecular flexibility index (Phi) is 7.42. The van der Waals surface area contributed by atoms with Gasteiger partial charge in [0, 0.05) is 6.42 Å². The molecule has 0 radical (unpaired) electrons. The van der Waals surface area contributed by atoms with Gasteiger partial charge < -0.3 is 11.1 Å². The zero-order chi connectivity index (χ0) is 16.2. The zero-order valence-corrected chi connectivity index (χ0v) is 14.2. The van der Waals surface area contributed by atoms with Crippen molar-refractivity contribution >= 4 is 18.3 Å². The second-order valence-electron chi connectivity index (χ2n) is 6.40. The van der Waals surface area contributed by atoms with E-state index in [0.717, 1.165) is 37.8 Å². The van der Waals surface area contributed by atoms with Gasteiger partial charge in [0.2, 0.25) is 5.91 Å². The van der Waals surface area contributed by atoms with Crippen LogP contribution in [0.5, 0.6) is 0 Å². The molecule has 1 aromatic carbocycles. The van der Waals surface area contributed by atoms with Crippen LogP contribution in [0.25, 0.3) is 0 Å². The van der Waals surface area contributed by atoms with Crippen LogP contribution in [0, 0.1) is 17.0 Å². The van der Waals surface area contributed by atoms with Gasteiger partial charge >= 0.3 is 0 Å². The Balaban J connectivity index is 0.00000264. The molecular weight excluding hydrogens is 322 g/mol. The predicted molar refractivity (Wildman–Crippen MR) is 89.4 cm³/mol. The molecule has 6 heteroatoms. The molecule has 2 rings (SSSR count). The van der Waals surface area contributed by atoms with Gasteiger partial charge in [-0.2, -0.15) is 0 Å². The largest absolute Gasteiger partial charge is 0.350 e. The maximum absolute atomic E-state index is 13.3. The van der Waals surface area contributed by atoms with Crippen LogP contribution in [0.4, 0.5) is 8.78 Å². The van der Waals surface area contributed by atoms with Crippen molar-refractivity contribution in [2.75, 3.05) is 6.54 Å². The lowest BCUT2D eigenvalue weighted by Gasteiger charge is -2.36. The van der Waals surface area contributed by atoms with Crippen molar-refractivity contribution in [2.24, 2.45) is 11.1 Å². The lowest BCUT2D eigenvalue weighted by atomic mass is 9.71. The lowest BCUT2D eigenvalue weighted by Crippen LogP contribution is -2.39. The van der Waals surface area contributed by atoms with E-state index in [0.29, 0.717) is 18.5 Å². The minimum atomic E-state index is -0.899. The van der Waals surface area contributed by atoms with E-state index in [4.69, 9.17) is 5.73 Å². The maximum atomic E-state index is 13.3. The Labute approximate surface area is 142 Å². The van der Waals surface area contributed by atoms with Crippen molar-refractivity contribution in [3.8, 4) is 0 Å². The minimum Gasteiger partial charge on any atom is -0.350 e. The molecule has 0 aliphatic heterocycles. The van der Waals surface area contributed by atoms with Crippen molar-refractivity contribution in [3.63, 3.8) is 0 Å². The highest BCUT2D eigenvalue weighted by molar-refractivity contribution is 5.85. The van der Waals surface area contributed by atoms with E-state index in [2.05, 4.69) is 5.32 Å². The Morgan fingerprint density at radius 2 is 1.91 bits per heavy atom. The van der Waals surface area contributed by atoms with Crippen LogP contribution >= 0.6 is 12.4 Å². The number of nitrogens with two attached hydrogens (primary N) is 1. The topological polar surface area (TPSA) is 55.1 Å². The van der Waals surface area contributed by atoms with Gasteiger partial charge in [-0.05, 0) is 49.4 Å². The quantitative estimate of drug-likeness (QED) is 0.850. The van der Waals surface area contributed by atoms with E-state index < -0.39 is 11.6 Å². The van der Waals surface area contributed by atoms with Crippen LogP contribution in [0.2, 0.25) is 0 Å². The molecule has 23 heavy (non-hydrogen) atoms. The molecule has 3 nitrogen and oxygen atoms in total. The summed E-state index contributed by atoms with van der Waals surface area (Å²) < 4.78 is 26.2. The maximum Gasteiger partial charge on any atom is 0.221 e. The number of carbonyl (C=O) groups is 1. The normalized spacial score (nSPS) is 17.9. The standard InChI is InChI=1S/C17H24F2N2O.ClH/c1-12(13-5-6-14(18)15(19)9-13)21-16(22)10-17(11-20)7-3-2-4-8-17;/h5-6,9,12H,2-4,7-8,10-11,20H2,1H3,(H,21,22);1H. The van der Waals surface area contributed by atoms with E-state index in [1.807, 2.05) is 0 Å². The number of rotatable bonds is 5. The van der Waals surface area contributed by atoms with Gasteiger partial charge in [0.1, 0.15) is 0 Å². The third-order valence-electron chi connectivity index (χ3n) is 4.70. The number of halogens is 3. The molecule has 1 saturated carbocycles. The van der Waals surface area contributed by atoms with Crippen molar-refractivity contribution < 1.29 is 13.6 Å². The Morgan fingerprint density at radius 1 is 1.26 bits per heavy atom. The fourth-order valence-electron chi connectivity index (χ4n) is 3.25. The van der Waals surface area contributed by atoms with E-state index >= 15 is 0 Å². The van der Waals surface area contributed by atoms with E-state index in [1.165, 1.54) is 12.5 Å². The van der Waals surface area contributed by atoms with Crippen LogP contribution in [0.3, 0.4) is 0 Å². The smallest absolute Gasteiger partial charge is 0.221 e. The Morgan fingerprint density at radius 3 is 2.48 bits per heavy atom. The summed E-state index contributed by atoms with van der Waals surface area (Å²) in [7, 11) is 0. The third kappa shape index (κ3) is 5.15. The molecule has 1 aliphatic rings. The fraction of sp³-hybridized carbons (Fsp3) is 0.588.